The van der Waals surface area contributed by atoms with E-state index in [4.69, 9.17) is 16.2 Å². The molecule has 0 spiro atoms. The molecule has 1 unspecified atom stereocenters. The minimum atomic E-state index is -0.847. The molecule has 0 aromatic carbocycles. The fourth-order valence-corrected chi connectivity index (χ4v) is 1.36. The number of carbonyl (C=O) groups is 2. The normalized spacial score (nSPS) is 16.5. The van der Waals surface area contributed by atoms with E-state index < -0.39 is 11.9 Å². The van der Waals surface area contributed by atoms with Crippen LogP contribution in [0.3, 0.4) is 0 Å². The number of ether oxygens (including phenoxy) is 1. The van der Waals surface area contributed by atoms with Crippen LogP contribution in [0.15, 0.2) is 0 Å². The van der Waals surface area contributed by atoms with Crippen LogP contribution in [0.2, 0.25) is 0 Å². The highest BCUT2D eigenvalue weighted by atomic mass is 16.5. The average Bonchev–Trinajstić information content (AvgIpc) is 3.05. The Hall–Kier alpha value is -1.14. The molecule has 0 aromatic heterocycles. The summed E-state index contributed by atoms with van der Waals surface area (Å²) in [6.45, 7) is 1.98. The van der Waals surface area contributed by atoms with Crippen molar-refractivity contribution in [2.24, 2.45) is 17.4 Å². The lowest BCUT2D eigenvalue weighted by molar-refractivity contribution is -0.126. The maximum Gasteiger partial charge on any atom is 0.237 e. The van der Waals surface area contributed by atoms with Crippen LogP contribution in [0.5, 0.6) is 0 Å². The van der Waals surface area contributed by atoms with E-state index in [1.807, 2.05) is 0 Å². The Kier molecular flexibility index (Phi) is 5.93. The molecule has 0 aromatic rings. The molecule has 0 radical (unpaired) electrons. The van der Waals surface area contributed by atoms with E-state index in [0.29, 0.717) is 13.2 Å². The van der Waals surface area contributed by atoms with Gasteiger partial charge in [0.25, 0.3) is 0 Å². The maximum absolute atomic E-state index is 11.3. The molecule has 5 N–H and O–H groups in total. The van der Waals surface area contributed by atoms with Crippen molar-refractivity contribution in [3.05, 3.63) is 0 Å². The fraction of sp³-hybridized carbons (Fsp3) is 0.818. The standard InChI is InChI=1S/C11H21N3O3/c12-9(6-10(13)15)11(16)14-4-1-5-17-7-8-2-3-8/h8-9H,1-7,12H2,(H2,13,15)(H,14,16). The van der Waals surface area contributed by atoms with Crippen molar-refractivity contribution >= 4 is 11.8 Å². The lowest BCUT2D eigenvalue weighted by Gasteiger charge is -2.10. The number of rotatable bonds is 9. The number of nitrogens with two attached hydrogens (primary N) is 2. The van der Waals surface area contributed by atoms with Gasteiger partial charge < -0.3 is 21.5 Å². The molecular formula is C11H21N3O3. The minimum Gasteiger partial charge on any atom is -0.381 e. The quantitative estimate of drug-likeness (QED) is 0.457. The summed E-state index contributed by atoms with van der Waals surface area (Å²) in [6, 6.07) is -0.847. The van der Waals surface area contributed by atoms with Crippen molar-refractivity contribution in [2.45, 2.75) is 31.7 Å². The van der Waals surface area contributed by atoms with E-state index >= 15 is 0 Å². The molecule has 6 heteroatoms. The van der Waals surface area contributed by atoms with Crippen LogP contribution in [0.1, 0.15) is 25.7 Å². The monoisotopic (exact) mass is 243 g/mol. The van der Waals surface area contributed by atoms with E-state index in [0.717, 1.165) is 18.9 Å². The summed E-state index contributed by atoms with van der Waals surface area (Å²) in [6.07, 6.45) is 3.18. The van der Waals surface area contributed by atoms with Gasteiger partial charge in [-0.25, -0.2) is 0 Å². The van der Waals surface area contributed by atoms with E-state index in [-0.39, 0.29) is 12.3 Å². The molecule has 2 amide bonds. The summed E-state index contributed by atoms with van der Waals surface area (Å²) in [5, 5.41) is 2.64. The number of hydrogen-bond donors (Lipinski definition) is 3. The van der Waals surface area contributed by atoms with E-state index in [1.165, 1.54) is 12.8 Å². The summed E-state index contributed by atoms with van der Waals surface area (Å²) in [4.78, 5) is 21.9. The minimum absolute atomic E-state index is 0.121. The molecule has 1 aliphatic carbocycles. The molecule has 0 heterocycles. The zero-order valence-corrected chi connectivity index (χ0v) is 9.98. The van der Waals surface area contributed by atoms with Gasteiger partial charge in [-0.05, 0) is 25.2 Å². The van der Waals surface area contributed by atoms with E-state index in [9.17, 15) is 9.59 Å². The van der Waals surface area contributed by atoms with Gasteiger partial charge in [0.1, 0.15) is 0 Å². The summed E-state index contributed by atoms with van der Waals surface area (Å²) in [5.41, 5.74) is 10.4. The predicted octanol–water partition coefficient (Wildman–Crippen LogP) is -0.878. The van der Waals surface area contributed by atoms with Crippen molar-refractivity contribution in [2.75, 3.05) is 19.8 Å². The third-order valence-electron chi connectivity index (χ3n) is 2.57. The molecule has 0 bridgehead atoms. The zero-order chi connectivity index (χ0) is 12.7. The Morgan fingerprint density at radius 3 is 2.71 bits per heavy atom. The van der Waals surface area contributed by atoms with Crippen LogP contribution in [0.4, 0.5) is 0 Å². The van der Waals surface area contributed by atoms with Gasteiger partial charge in [0, 0.05) is 19.8 Å². The summed E-state index contributed by atoms with van der Waals surface area (Å²) < 4.78 is 5.41. The summed E-state index contributed by atoms with van der Waals surface area (Å²) >= 11 is 0. The Morgan fingerprint density at radius 1 is 1.41 bits per heavy atom. The Bertz CT molecular complexity index is 267. The fourth-order valence-electron chi connectivity index (χ4n) is 1.36. The lowest BCUT2D eigenvalue weighted by atomic mass is 10.2. The molecule has 0 aliphatic heterocycles. The van der Waals surface area contributed by atoms with Crippen molar-refractivity contribution in [1.29, 1.82) is 0 Å². The van der Waals surface area contributed by atoms with Crippen molar-refractivity contribution in [3.63, 3.8) is 0 Å². The van der Waals surface area contributed by atoms with Crippen molar-refractivity contribution in [3.8, 4) is 0 Å². The number of amides is 2. The van der Waals surface area contributed by atoms with Crippen LogP contribution >= 0.6 is 0 Å². The first-order valence-corrected chi connectivity index (χ1v) is 5.99. The molecule has 0 saturated heterocycles. The van der Waals surface area contributed by atoms with Gasteiger partial charge >= 0.3 is 0 Å². The topological polar surface area (TPSA) is 107 Å². The lowest BCUT2D eigenvalue weighted by Crippen LogP contribution is -2.43. The Labute approximate surface area is 101 Å². The predicted molar refractivity (Wildman–Crippen MR) is 63.0 cm³/mol. The molecule has 1 fully saturated rings. The van der Waals surface area contributed by atoms with Gasteiger partial charge in [-0.3, -0.25) is 9.59 Å². The van der Waals surface area contributed by atoms with E-state index in [2.05, 4.69) is 5.32 Å². The average molecular weight is 243 g/mol. The van der Waals surface area contributed by atoms with Gasteiger partial charge in [0.2, 0.25) is 11.8 Å². The smallest absolute Gasteiger partial charge is 0.237 e. The molecule has 17 heavy (non-hydrogen) atoms. The third-order valence-corrected chi connectivity index (χ3v) is 2.57. The highest BCUT2D eigenvalue weighted by molar-refractivity contribution is 5.87. The second-order valence-corrected chi connectivity index (χ2v) is 4.44. The van der Waals surface area contributed by atoms with Gasteiger partial charge in [-0.1, -0.05) is 0 Å². The number of carbonyl (C=O) groups excluding carboxylic acids is 2. The summed E-state index contributed by atoms with van der Waals surface area (Å²) in [5.74, 6) is -0.153. The zero-order valence-electron chi connectivity index (χ0n) is 9.98. The van der Waals surface area contributed by atoms with Crippen LogP contribution < -0.4 is 16.8 Å². The molecule has 98 valence electrons. The van der Waals surface area contributed by atoms with Crippen molar-refractivity contribution in [1.82, 2.24) is 5.32 Å². The number of nitrogens with one attached hydrogen (secondary N) is 1. The van der Waals surface area contributed by atoms with E-state index in [1.54, 1.807) is 0 Å². The molecule has 1 aliphatic rings. The van der Waals surface area contributed by atoms with Crippen LogP contribution in [0, 0.1) is 5.92 Å². The Balaban J connectivity index is 1.93. The second-order valence-electron chi connectivity index (χ2n) is 4.44. The number of primary amides is 1. The first-order chi connectivity index (χ1) is 8.09. The molecule has 1 rings (SSSR count). The first-order valence-electron chi connectivity index (χ1n) is 5.99. The molecule has 1 atom stereocenters. The Morgan fingerprint density at radius 2 is 2.12 bits per heavy atom. The summed E-state index contributed by atoms with van der Waals surface area (Å²) in [7, 11) is 0. The van der Waals surface area contributed by atoms with Crippen molar-refractivity contribution < 1.29 is 14.3 Å². The third kappa shape index (κ3) is 6.91. The molecule has 1 saturated carbocycles. The van der Waals surface area contributed by atoms with Crippen LogP contribution in [0.25, 0.3) is 0 Å². The van der Waals surface area contributed by atoms with Gasteiger partial charge in [-0.15, -0.1) is 0 Å². The van der Waals surface area contributed by atoms with Crippen LogP contribution in [-0.4, -0.2) is 37.6 Å². The first kappa shape index (κ1) is 13.9. The largest absolute Gasteiger partial charge is 0.381 e. The highest BCUT2D eigenvalue weighted by Crippen LogP contribution is 2.28. The SMILES string of the molecule is NC(=O)CC(N)C(=O)NCCCOCC1CC1. The highest BCUT2D eigenvalue weighted by Gasteiger charge is 2.20. The second kappa shape index (κ2) is 7.24. The molecular weight excluding hydrogens is 222 g/mol. The van der Waals surface area contributed by atoms with Gasteiger partial charge in [-0.2, -0.15) is 0 Å². The number of hydrogen-bond acceptors (Lipinski definition) is 4. The van der Waals surface area contributed by atoms with Gasteiger partial charge in [0.05, 0.1) is 12.5 Å². The van der Waals surface area contributed by atoms with Gasteiger partial charge in [0.15, 0.2) is 0 Å². The maximum atomic E-state index is 11.3. The van der Waals surface area contributed by atoms with Crippen LogP contribution in [-0.2, 0) is 14.3 Å². The molecule has 6 nitrogen and oxygen atoms in total.